The van der Waals surface area contributed by atoms with Crippen molar-refractivity contribution < 1.29 is 14.3 Å². The van der Waals surface area contributed by atoms with Crippen LogP contribution in [0.1, 0.15) is 18.9 Å². The van der Waals surface area contributed by atoms with Gasteiger partial charge in [0.1, 0.15) is 5.75 Å². The minimum atomic E-state index is -0.240. The second-order valence-electron chi connectivity index (χ2n) is 6.82. The molecule has 1 aromatic heterocycles. The summed E-state index contributed by atoms with van der Waals surface area (Å²) in [5.41, 5.74) is 2.58. The predicted molar refractivity (Wildman–Crippen MR) is 116 cm³/mol. The molecule has 7 nitrogen and oxygen atoms in total. The molecule has 156 valence electrons. The van der Waals surface area contributed by atoms with Crippen molar-refractivity contribution in [3.63, 3.8) is 0 Å². The first-order valence-electron chi connectivity index (χ1n) is 9.89. The van der Waals surface area contributed by atoms with Gasteiger partial charge in [0.05, 0.1) is 25.5 Å². The van der Waals surface area contributed by atoms with Crippen molar-refractivity contribution in [2.45, 2.75) is 19.8 Å². The lowest BCUT2D eigenvalue weighted by Gasteiger charge is -2.20. The summed E-state index contributed by atoms with van der Waals surface area (Å²) in [4.78, 5) is 26.5. The number of rotatable bonds is 9. The molecule has 0 saturated heterocycles. The smallest absolute Gasteiger partial charge is 0.243 e. The van der Waals surface area contributed by atoms with Crippen molar-refractivity contribution in [3.05, 3.63) is 72.6 Å². The molecule has 0 atom stereocenters. The van der Waals surface area contributed by atoms with Crippen LogP contribution in [0, 0.1) is 0 Å². The number of likely N-dealkylation sites (N-methyl/N-ethyl adjacent to an activating group) is 1. The second-order valence-corrected chi connectivity index (χ2v) is 6.82. The van der Waals surface area contributed by atoms with Gasteiger partial charge >= 0.3 is 0 Å². The lowest BCUT2D eigenvalue weighted by Crippen LogP contribution is -2.38. The van der Waals surface area contributed by atoms with Crippen molar-refractivity contribution in [3.8, 4) is 11.4 Å². The lowest BCUT2D eigenvalue weighted by atomic mass is 10.2. The molecule has 1 heterocycles. The molecular weight excluding hydrogens is 380 g/mol. The maximum atomic E-state index is 12.6. The maximum absolute atomic E-state index is 12.6. The number of aromatic nitrogens is 2. The minimum absolute atomic E-state index is 0.00974. The van der Waals surface area contributed by atoms with Crippen molar-refractivity contribution in [1.82, 2.24) is 14.7 Å². The topological polar surface area (TPSA) is 76.5 Å². The highest BCUT2D eigenvalue weighted by Gasteiger charge is 2.16. The lowest BCUT2D eigenvalue weighted by molar-refractivity contribution is -0.134. The summed E-state index contributed by atoms with van der Waals surface area (Å²) in [6.45, 7) is 2.34. The zero-order chi connectivity index (χ0) is 21.3. The van der Waals surface area contributed by atoms with Gasteiger partial charge in [-0.1, -0.05) is 24.3 Å². The zero-order valence-corrected chi connectivity index (χ0v) is 17.2. The highest BCUT2D eigenvalue weighted by Crippen LogP contribution is 2.16. The van der Waals surface area contributed by atoms with Crippen LogP contribution in [-0.4, -0.2) is 46.7 Å². The normalized spacial score (nSPS) is 10.5. The molecule has 3 aromatic rings. The largest absolute Gasteiger partial charge is 0.497 e. The van der Waals surface area contributed by atoms with Gasteiger partial charge in [-0.2, -0.15) is 5.10 Å². The summed E-state index contributed by atoms with van der Waals surface area (Å²) in [5, 5.41) is 7.16. The Morgan fingerprint density at radius 3 is 2.67 bits per heavy atom. The van der Waals surface area contributed by atoms with E-state index in [1.165, 1.54) is 0 Å². The number of para-hydroxylation sites is 1. The molecule has 30 heavy (non-hydrogen) atoms. The molecule has 0 fully saturated rings. The van der Waals surface area contributed by atoms with Crippen molar-refractivity contribution >= 4 is 17.5 Å². The number of aryl methyl sites for hydroxylation is 1. The van der Waals surface area contributed by atoms with E-state index in [0.29, 0.717) is 30.8 Å². The van der Waals surface area contributed by atoms with Crippen LogP contribution < -0.4 is 10.1 Å². The molecule has 0 unspecified atom stereocenters. The molecule has 0 bridgehead atoms. The Labute approximate surface area is 176 Å². The maximum Gasteiger partial charge on any atom is 0.243 e. The van der Waals surface area contributed by atoms with Crippen LogP contribution in [0.3, 0.4) is 0 Å². The number of anilines is 1. The Kier molecular flexibility index (Phi) is 7.21. The molecular formula is C23H26N4O3. The van der Waals surface area contributed by atoms with Gasteiger partial charge in [-0.3, -0.25) is 9.59 Å². The number of hydrogen-bond acceptors (Lipinski definition) is 4. The van der Waals surface area contributed by atoms with E-state index in [2.05, 4.69) is 10.4 Å². The summed E-state index contributed by atoms with van der Waals surface area (Å²) in [6, 6.07) is 16.9. The number of methoxy groups -OCH3 is 1. The first-order chi connectivity index (χ1) is 14.6. The Morgan fingerprint density at radius 1 is 1.13 bits per heavy atom. The highest BCUT2D eigenvalue weighted by molar-refractivity contribution is 5.94. The molecule has 0 saturated carbocycles. The van der Waals surface area contributed by atoms with Gasteiger partial charge in [0.2, 0.25) is 11.8 Å². The van der Waals surface area contributed by atoms with Gasteiger partial charge in [-0.25, -0.2) is 4.68 Å². The standard InChI is InChI=1S/C23H26N4O3/c1-3-26(17-22(28)25-19-8-7-11-21(14-19)30-2)23(29)13-12-18-15-24-27(16-18)20-9-5-4-6-10-20/h4-11,14-16H,3,12-13,17H2,1-2H3,(H,25,28). The van der Waals surface area contributed by atoms with E-state index in [0.717, 1.165) is 11.3 Å². The van der Waals surface area contributed by atoms with Gasteiger partial charge in [0.25, 0.3) is 0 Å². The van der Waals surface area contributed by atoms with Crippen LogP contribution in [0.5, 0.6) is 5.75 Å². The zero-order valence-electron chi connectivity index (χ0n) is 17.2. The van der Waals surface area contributed by atoms with Crippen LogP contribution >= 0.6 is 0 Å². The average Bonchev–Trinajstić information content (AvgIpc) is 3.25. The molecule has 7 heteroatoms. The Balaban J connectivity index is 1.52. The molecule has 3 rings (SSSR count). The van der Waals surface area contributed by atoms with Gasteiger partial charge in [0, 0.05) is 30.9 Å². The van der Waals surface area contributed by atoms with Gasteiger partial charge in [-0.05, 0) is 43.2 Å². The third-order valence-corrected chi connectivity index (χ3v) is 4.71. The number of nitrogens with one attached hydrogen (secondary N) is 1. The first-order valence-corrected chi connectivity index (χ1v) is 9.89. The number of hydrogen-bond donors (Lipinski definition) is 1. The van der Waals surface area contributed by atoms with Gasteiger partial charge < -0.3 is 15.0 Å². The van der Waals surface area contributed by atoms with Gasteiger partial charge in [-0.15, -0.1) is 0 Å². The molecule has 1 N–H and O–H groups in total. The average molecular weight is 406 g/mol. The summed E-state index contributed by atoms with van der Waals surface area (Å²) < 4.78 is 6.95. The quantitative estimate of drug-likeness (QED) is 0.592. The third-order valence-electron chi connectivity index (χ3n) is 4.71. The van der Waals surface area contributed by atoms with Crippen LogP contribution in [0.25, 0.3) is 5.69 Å². The Morgan fingerprint density at radius 2 is 1.93 bits per heavy atom. The van der Waals surface area contributed by atoms with Crippen LogP contribution in [0.4, 0.5) is 5.69 Å². The molecule has 0 aliphatic rings. The van der Waals surface area contributed by atoms with Crippen LogP contribution in [-0.2, 0) is 16.0 Å². The summed E-state index contributed by atoms with van der Waals surface area (Å²) in [6.07, 6.45) is 4.58. The Hall–Kier alpha value is -3.61. The van der Waals surface area contributed by atoms with Crippen molar-refractivity contribution in [1.29, 1.82) is 0 Å². The SMILES string of the molecule is CCN(CC(=O)Nc1cccc(OC)c1)C(=O)CCc1cnn(-c2ccccc2)c1. The molecule has 0 aliphatic carbocycles. The highest BCUT2D eigenvalue weighted by atomic mass is 16.5. The number of amides is 2. The molecule has 0 spiro atoms. The van der Waals surface area contributed by atoms with E-state index < -0.39 is 0 Å². The molecule has 0 radical (unpaired) electrons. The summed E-state index contributed by atoms with van der Waals surface area (Å²) in [5.74, 6) is 0.355. The van der Waals surface area contributed by atoms with Crippen LogP contribution in [0.2, 0.25) is 0 Å². The second kappa shape index (κ2) is 10.2. The number of benzene rings is 2. The monoisotopic (exact) mass is 406 g/mol. The van der Waals surface area contributed by atoms with E-state index in [1.54, 1.807) is 47.2 Å². The first kappa shape index (κ1) is 21.1. The number of carbonyl (C=O) groups excluding carboxylic acids is 2. The van der Waals surface area contributed by atoms with E-state index in [-0.39, 0.29) is 18.4 Å². The van der Waals surface area contributed by atoms with E-state index in [1.807, 2.05) is 43.5 Å². The fraction of sp³-hybridized carbons (Fsp3) is 0.261. The number of ether oxygens (including phenoxy) is 1. The van der Waals surface area contributed by atoms with E-state index in [4.69, 9.17) is 4.74 Å². The third kappa shape index (κ3) is 5.70. The molecule has 2 amide bonds. The van der Waals surface area contributed by atoms with E-state index in [9.17, 15) is 9.59 Å². The summed E-state index contributed by atoms with van der Waals surface area (Å²) >= 11 is 0. The predicted octanol–water partition coefficient (Wildman–Crippen LogP) is 3.30. The minimum Gasteiger partial charge on any atom is -0.497 e. The Bertz CT molecular complexity index is 985. The van der Waals surface area contributed by atoms with Crippen LogP contribution in [0.15, 0.2) is 67.0 Å². The van der Waals surface area contributed by atoms with Crippen molar-refractivity contribution in [2.24, 2.45) is 0 Å². The van der Waals surface area contributed by atoms with Gasteiger partial charge in [0.15, 0.2) is 0 Å². The number of nitrogens with zero attached hydrogens (tertiary/aromatic N) is 3. The summed E-state index contributed by atoms with van der Waals surface area (Å²) in [7, 11) is 1.57. The number of carbonyl (C=O) groups is 2. The molecule has 0 aliphatic heterocycles. The fourth-order valence-electron chi connectivity index (χ4n) is 3.07. The van der Waals surface area contributed by atoms with E-state index >= 15 is 0 Å². The fourth-order valence-corrected chi connectivity index (χ4v) is 3.07. The van der Waals surface area contributed by atoms with Crippen molar-refractivity contribution in [2.75, 3.05) is 25.5 Å². The molecule has 2 aromatic carbocycles.